The lowest BCUT2D eigenvalue weighted by atomic mass is 10.2. The summed E-state index contributed by atoms with van der Waals surface area (Å²) in [5.74, 6) is 0.562. The molecular formula is C13H15F3N4O. The van der Waals surface area contributed by atoms with Gasteiger partial charge in [-0.2, -0.15) is 0 Å². The Morgan fingerprint density at radius 3 is 2.67 bits per heavy atom. The molecule has 0 fully saturated rings. The number of ether oxygens (including phenoxy) is 1. The standard InChI is InChI=1S/C13H15F3N4O/c1-19(8-12-18-17-9-20(12)2)7-10-4-3-5-11(6-10)21-13(14,15)16/h3-6,9H,7-8H2,1-2H3. The van der Waals surface area contributed by atoms with Gasteiger partial charge >= 0.3 is 6.36 Å². The van der Waals surface area contributed by atoms with Gasteiger partial charge in [0.05, 0.1) is 6.54 Å². The van der Waals surface area contributed by atoms with Crippen molar-refractivity contribution in [3.8, 4) is 5.75 Å². The van der Waals surface area contributed by atoms with E-state index in [0.717, 1.165) is 11.4 Å². The molecule has 0 saturated heterocycles. The first-order valence-electron chi connectivity index (χ1n) is 6.19. The van der Waals surface area contributed by atoms with E-state index in [9.17, 15) is 13.2 Å². The van der Waals surface area contributed by atoms with E-state index in [1.54, 1.807) is 17.0 Å². The number of hydrogen-bond donors (Lipinski definition) is 0. The summed E-state index contributed by atoms with van der Waals surface area (Å²) in [6, 6.07) is 5.93. The summed E-state index contributed by atoms with van der Waals surface area (Å²) in [7, 11) is 3.69. The molecular weight excluding hydrogens is 285 g/mol. The third-order valence-corrected chi connectivity index (χ3v) is 2.80. The molecule has 0 aliphatic carbocycles. The minimum absolute atomic E-state index is 0.216. The lowest BCUT2D eigenvalue weighted by Crippen LogP contribution is -2.20. The highest BCUT2D eigenvalue weighted by atomic mass is 19.4. The van der Waals surface area contributed by atoms with Crippen LogP contribution < -0.4 is 4.74 Å². The molecule has 2 rings (SSSR count). The van der Waals surface area contributed by atoms with E-state index in [0.29, 0.717) is 13.1 Å². The van der Waals surface area contributed by atoms with E-state index in [1.807, 2.05) is 19.0 Å². The summed E-state index contributed by atoms with van der Waals surface area (Å²) in [5.41, 5.74) is 0.724. The summed E-state index contributed by atoms with van der Waals surface area (Å²) in [4.78, 5) is 1.93. The fourth-order valence-electron chi connectivity index (χ4n) is 1.90. The molecule has 0 aliphatic rings. The first kappa shape index (κ1) is 15.3. The Labute approximate surface area is 120 Å². The Bertz CT molecular complexity index is 597. The summed E-state index contributed by atoms with van der Waals surface area (Å²) < 4.78 is 42.2. The quantitative estimate of drug-likeness (QED) is 0.850. The third-order valence-electron chi connectivity index (χ3n) is 2.80. The van der Waals surface area contributed by atoms with Crippen LogP contribution in [0.15, 0.2) is 30.6 Å². The van der Waals surface area contributed by atoms with E-state index in [4.69, 9.17) is 0 Å². The lowest BCUT2D eigenvalue weighted by molar-refractivity contribution is -0.274. The normalized spacial score (nSPS) is 11.9. The van der Waals surface area contributed by atoms with Crippen LogP contribution in [0, 0.1) is 0 Å². The Morgan fingerprint density at radius 1 is 1.29 bits per heavy atom. The molecule has 0 atom stereocenters. The van der Waals surface area contributed by atoms with Crippen LogP contribution in [0.1, 0.15) is 11.4 Å². The molecule has 21 heavy (non-hydrogen) atoms. The third kappa shape index (κ3) is 4.75. The van der Waals surface area contributed by atoms with Crippen molar-refractivity contribution in [3.63, 3.8) is 0 Å². The molecule has 0 unspecified atom stereocenters. The minimum Gasteiger partial charge on any atom is -0.406 e. The molecule has 8 heteroatoms. The predicted octanol–water partition coefficient (Wildman–Crippen LogP) is 2.35. The monoisotopic (exact) mass is 300 g/mol. The number of alkyl halides is 3. The largest absolute Gasteiger partial charge is 0.573 e. The highest BCUT2D eigenvalue weighted by Gasteiger charge is 2.31. The maximum Gasteiger partial charge on any atom is 0.573 e. The van der Waals surface area contributed by atoms with Gasteiger partial charge in [0.1, 0.15) is 17.9 Å². The lowest BCUT2D eigenvalue weighted by Gasteiger charge is -2.16. The Hall–Kier alpha value is -2.09. The fraction of sp³-hybridized carbons (Fsp3) is 0.385. The van der Waals surface area contributed by atoms with Crippen LogP contribution in [-0.4, -0.2) is 33.1 Å². The van der Waals surface area contributed by atoms with Crippen LogP contribution in [0.3, 0.4) is 0 Å². The maximum absolute atomic E-state index is 12.2. The number of aromatic nitrogens is 3. The number of nitrogens with zero attached hydrogens (tertiary/aromatic N) is 4. The van der Waals surface area contributed by atoms with Gasteiger partial charge < -0.3 is 9.30 Å². The first-order valence-corrected chi connectivity index (χ1v) is 6.19. The average Bonchev–Trinajstić information content (AvgIpc) is 2.73. The zero-order chi connectivity index (χ0) is 15.5. The first-order chi connectivity index (χ1) is 9.83. The van der Waals surface area contributed by atoms with E-state index in [1.165, 1.54) is 18.2 Å². The number of hydrogen-bond acceptors (Lipinski definition) is 4. The van der Waals surface area contributed by atoms with Crippen LogP contribution in [0.5, 0.6) is 5.75 Å². The number of benzene rings is 1. The van der Waals surface area contributed by atoms with Gasteiger partial charge in [-0.3, -0.25) is 4.90 Å². The molecule has 0 saturated carbocycles. The van der Waals surface area contributed by atoms with Crippen molar-refractivity contribution in [2.45, 2.75) is 19.5 Å². The van der Waals surface area contributed by atoms with Crippen molar-refractivity contribution < 1.29 is 17.9 Å². The highest BCUT2D eigenvalue weighted by Crippen LogP contribution is 2.23. The highest BCUT2D eigenvalue weighted by molar-refractivity contribution is 5.28. The van der Waals surface area contributed by atoms with E-state index in [-0.39, 0.29) is 5.75 Å². The number of halogens is 3. The molecule has 1 aromatic carbocycles. The second-order valence-electron chi connectivity index (χ2n) is 4.73. The Kier molecular flexibility index (Phi) is 4.46. The molecule has 0 amide bonds. The van der Waals surface area contributed by atoms with Gasteiger partial charge in [-0.1, -0.05) is 12.1 Å². The van der Waals surface area contributed by atoms with Gasteiger partial charge in [-0.05, 0) is 24.7 Å². The smallest absolute Gasteiger partial charge is 0.406 e. The van der Waals surface area contributed by atoms with Gasteiger partial charge in [-0.15, -0.1) is 23.4 Å². The van der Waals surface area contributed by atoms with E-state index >= 15 is 0 Å². The Morgan fingerprint density at radius 2 is 2.05 bits per heavy atom. The van der Waals surface area contributed by atoms with Gasteiger partial charge in [0.15, 0.2) is 0 Å². The van der Waals surface area contributed by atoms with Crippen molar-refractivity contribution in [3.05, 3.63) is 42.0 Å². The van der Waals surface area contributed by atoms with E-state index < -0.39 is 6.36 Å². The van der Waals surface area contributed by atoms with E-state index in [2.05, 4.69) is 14.9 Å². The number of aryl methyl sites for hydroxylation is 1. The second-order valence-corrected chi connectivity index (χ2v) is 4.73. The van der Waals surface area contributed by atoms with Crippen LogP contribution >= 0.6 is 0 Å². The van der Waals surface area contributed by atoms with Crippen molar-refractivity contribution in [2.24, 2.45) is 7.05 Å². The maximum atomic E-state index is 12.2. The van der Waals surface area contributed by atoms with Gasteiger partial charge in [0.25, 0.3) is 0 Å². The SMILES string of the molecule is CN(Cc1cccc(OC(F)(F)F)c1)Cc1nncn1C. The van der Waals surface area contributed by atoms with Crippen molar-refractivity contribution in [1.82, 2.24) is 19.7 Å². The van der Waals surface area contributed by atoms with Gasteiger partial charge in [0, 0.05) is 13.6 Å². The van der Waals surface area contributed by atoms with Crippen LogP contribution in [0.4, 0.5) is 13.2 Å². The fourth-order valence-corrected chi connectivity index (χ4v) is 1.90. The molecule has 0 bridgehead atoms. The topological polar surface area (TPSA) is 43.2 Å². The van der Waals surface area contributed by atoms with Crippen LogP contribution in [0.25, 0.3) is 0 Å². The molecule has 2 aromatic rings. The van der Waals surface area contributed by atoms with Crippen molar-refractivity contribution >= 4 is 0 Å². The predicted molar refractivity (Wildman–Crippen MR) is 69.3 cm³/mol. The molecule has 5 nitrogen and oxygen atoms in total. The average molecular weight is 300 g/mol. The second kappa shape index (κ2) is 6.13. The molecule has 0 aliphatic heterocycles. The molecule has 0 spiro atoms. The summed E-state index contributed by atoms with van der Waals surface area (Å²) in [6.07, 6.45) is -3.08. The molecule has 114 valence electrons. The summed E-state index contributed by atoms with van der Waals surface area (Å²) in [5, 5.41) is 7.74. The number of rotatable bonds is 5. The van der Waals surface area contributed by atoms with Gasteiger partial charge in [0.2, 0.25) is 0 Å². The molecule has 1 aromatic heterocycles. The Balaban J connectivity index is 1.99. The summed E-state index contributed by atoms with van der Waals surface area (Å²) >= 11 is 0. The van der Waals surface area contributed by atoms with Crippen LogP contribution in [-0.2, 0) is 20.1 Å². The van der Waals surface area contributed by atoms with Crippen molar-refractivity contribution in [1.29, 1.82) is 0 Å². The van der Waals surface area contributed by atoms with Crippen LogP contribution in [0.2, 0.25) is 0 Å². The minimum atomic E-state index is -4.68. The molecule has 1 heterocycles. The zero-order valence-corrected chi connectivity index (χ0v) is 11.6. The van der Waals surface area contributed by atoms with Gasteiger partial charge in [-0.25, -0.2) is 0 Å². The molecule has 0 N–H and O–H groups in total. The molecule has 0 radical (unpaired) electrons. The summed E-state index contributed by atoms with van der Waals surface area (Å²) in [6.45, 7) is 1.02. The zero-order valence-electron chi connectivity index (χ0n) is 11.6. The van der Waals surface area contributed by atoms with Crippen molar-refractivity contribution in [2.75, 3.05) is 7.05 Å².